The molecule has 0 atom stereocenters. The van der Waals surface area contributed by atoms with Crippen LogP contribution >= 0.6 is 11.6 Å². The predicted molar refractivity (Wildman–Crippen MR) is 84.5 cm³/mol. The standard InChI is InChI=1S/C15H19ClN4O2/c1-11-14(20-10-12(16)2-3-13(20)18-11)15(21)17-4-5-19-6-8-22-9-7-19/h2-3,10H,4-9H2,1H3,(H,17,21). The smallest absolute Gasteiger partial charge is 0.270 e. The third-order valence-electron chi connectivity index (χ3n) is 3.79. The second-order valence-corrected chi connectivity index (χ2v) is 5.77. The quantitative estimate of drug-likeness (QED) is 0.923. The highest BCUT2D eigenvalue weighted by Gasteiger charge is 2.17. The molecular formula is C15H19ClN4O2. The molecule has 0 radical (unpaired) electrons. The van der Waals surface area contributed by atoms with Crippen LogP contribution in [0.2, 0.25) is 5.02 Å². The molecule has 1 saturated heterocycles. The van der Waals surface area contributed by atoms with Crippen molar-refractivity contribution in [2.75, 3.05) is 39.4 Å². The average molecular weight is 323 g/mol. The van der Waals surface area contributed by atoms with E-state index in [2.05, 4.69) is 15.2 Å². The van der Waals surface area contributed by atoms with Crippen LogP contribution in [0, 0.1) is 6.92 Å². The van der Waals surface area contributed by atoms with Crippen LogP contribution in [0.4, 0.5) is 0 Å². The van der Waals surface area contributed by atoms with Crippen LogP contribution in [0.3, 0.4) is 0 Å². The van der Waals surface area contributed by atoms with Crippen molar-refractivity contribution in [3.8, 4) is 0 Å². The molecule has 3 rings (SSSR count). The van der Waals surface area contributed by atoms with E-state index in [-0.39, 0.29) is 5.91 Å². The topological polar surface area (TPSA) is 58.9 Å². The molecule has 0 aromatic carbocycles. The van der Waals surface area contributed by atoms with Gasteiger partial charge in [-0.3, -0.25) is 14.1 Å². The monoisotopic (exact) mass is 322 g/mol. The summed E-state index contributed by atoms with van der Waals surface area (Å²) in [4.78, 5) is 19.1. The SMILES string of the molecule is Cc1nc2ccc(Cl)cn2c1C(=O)NCCN1CCOCC1. The molecule has 6 nitrogen and oxygen atoms in total. The maximum atomic E-state index is 12.4. The first kappa shape index (κ1) is 15.3. The van der Waals surface area contributed by atoms with E-state index < -0.39 is 0 Å². The second-order valence-electron chi connectivity index (χ2n) is 5.33. The molecule has 1 fully saturated rings. The van der Waals surface area contributed by atoms with Crippen molar-refractivity contribution in [1.29, 1.82) is 0 Å². The van der Waals surface area contributed by atoms with Gasteiger partial charge < -0.3 is 10.1 Å². The van der Waals surface area contributed by atoms with E-state index in [1.165, 1.54) is 0 Å². The van der Waals surface area contributed by atoms with Crippen molar-refractivity contribution in [3.63, 3.8) is 0 Å². The Balaban J connectivity index is 1.66. The Bertz CT molecular complexity index is 679. The number of aromatic nitrogens is 2. The lowest BCUT2D eigenvalue weighted by atomic mass is 10.3. The van der Waals surface area contributed by atoms with Crippen molar-refractivity contribution in [2.24, 2.45) is 0 Å². The van der Waals surface area contributed by atoms with Gasteiger partial charge in [-0.05, 0) is 19.1 Å². The van der Waals surface area contributed by atoms with E-state index >= 15 is 0 Å². The lowest BCUT2D eigenvalue weighted by molar-refractivity contribution is 0.0383. The fraction of sp³-hybridized carbons (Fsp3) is 0.467. The minimum atomic E-state index is -0.125. The molecule has 118 valence electrons. The number of morpholine rings is 1. The maximum absolute atomic E-state index is 12.4. The van der Waals surface area contributed by atoms with E-state index in [0.29, 0.717) is 23.0 Å². The van der Waals surface area contributed by atoms with Crippen molar-refractivity contribution in [2.45, 2.75) is 6.92 Å². The van der Waals surface area contributed by atoms with Crippen LogP contribution in [0.25, 0.3) is 5.65 Å². The van der Waals surface area contributed by atoms with Crippen LogP contribution < -0.4 is 5.32 Å². The van der Waals surface area contributed by atoms with Crippen molar-refractivity contribution in [3.05, 3.63) is 34.7 Å². The molecule has 1 N–H and O–H groups in total. The molecule has 22 heavy (non-hydrogen) atoms. The number of carbonyl (C=O) groups excluding carboxylic acids is 1. The molecule has 0 bridgehead atoms. The molecule has 0 spiro atoms. The summed E-state index contributed by atoms with van der Waals surface area (Å²) in [6.45, 7) is 6.62. The number of rotatable bonds is 4. The van der Waals surface area contributed by atoms with Gasteiger partial charge in [0.1, 0.15) is 11.3 Å². The van der Waals surface area contributed by atoms with Crippen LogP contribution in [0.1, 0.15) is 16.2 Å². The lowest BCUT2D eigenvalue weighted by Gasteiger charge is -2.26. The van der Waals surface area contributed by atoms with E-state index in [0.717, 1.165) is 38.5 Å². The summed E-state index contributed by atoms with van der Waals surface area (Å²) in [6, 6.07) is 3.57. The number of aryl methyl sites for hydroxylation is 1. The molecule has 1 aliphatic heterocycles. The summed E-state index contributed by atoms with van der Waals surface area (Å²) in [5.41, 5.74) is 1.96. The van der Waals surface area contributed by atoms with Gasteiger partial charge in [0.2, 0.25) is 0 Å². The molecule has 1 aliphatic rings. The van der Waals surface area contributed by atoms with Gasteiger partial charge in [-0.25, -0.2) is 4.98 Å². The molecule has 7 heteroatoms. The van der Waals surface area contributed by atoms with Gasteiger partial charge in [-0.15, -0.1) is 0 Å². The van der Waals surface area contributed by atoms with E-state index in [9.17, 15) is 4.79 Å². The third kappa shape index (κ3) is 3.24. The Morgan fingerprint density at radius 2 is 2.18 bits per heavy atom. The van der Waals surface area contributed by atoms with Gasteiger partial charge in [0.15, 0.2) is 0 Å². The number of halogens is 1. The van der Waals surface area contributed by atoms with E-state index in [1.807, 2.05) is 6.92 Å². The van der Waals surface area contributed by atoms with Crippen molar-refractivity contribution < 1.29 is 9.53 Å². The Morgan fingerprint density at radius 1 is 1.41 bits per heavy atom. The Labute approximate surface area is 134 Å². The van der Waals surface area contributed by atoms with Gasteiger partial charge in [0.05, 0.1) is 23.9 Å². The molecule has 2 aromatic heterocycles. The molecule has 0 aliphatic carbocycles. The molecule has 0 saturated carbocycles. The molecular weight excluding hydrogens is 304 g/mol. The van der Waals surface area contributed by atoms with Crippen molar-refractivity contribution >= 4 is 23.2 Å². The second kappa shape index (κ2) is 6.64. The fourth-order valence-corrected chi connectivity index (χ4v) is 2.81. The van der Waals surface area contributed by atoms with Crippen LogP contribution in [0.5, 0.6) is 0 Å². The van der Waals surface area contributed by atoms with Gasteiger partial charge in [-0.1, -0.05) is 11.6 Å². The molecule has 2 aromatic rings. The highest BCUT2D eigenvalue weighted by Crippen LogP contribution is 2.16. The predicted octanol–water partition coefficient (Wildman–Crippen LogP) is 1.36. The molecule has 1 amide bonds. The van der Waals surface area contributed by atoms with Crippen LogP contribution in [0.15, 0.2) is 18.3 Å². The zero-order valence-electron chi connectivity index (χ0n) is 12.5. The largest absolute Gasteiger partial charge is 0.379 e. The fourth-order valence-electron chi connectivity index (χ4n) is 2.65. The normalized spacial score (nSPS) is 16.1. The van der Waals surface area contributed by atoms with Crippen molar-refractivity contribution in [1.82, 2.24) is 19.6 Å². The number of pyridine rings is 1. The summed E-state index contributed by atoms with van der Waals surface area (Å²) < 4.78 is 7.05. The summed E-state index contributed by atoms with van der Waals surface area (Å²) in [5, 5.41) is 3.54. The van der Waals surface area contributed by atoms with E-state index in [4.69, 9.17) is 16.3 Å². The summed E-state index contributed by atoms with van der Waals surface area (Å²) in [5.74, 6) is -0.125. The highest BCUT2D eigenvalue weighted by molar-refractivity contribution is 6.30. The van der Waals surface area contributed by atoms with Crippen LogP contribution in [-0.4, -0.2) is 59.6 Å². The number of hydrogen-bond acceptors (Lipinski definition) is 4. The van der Waals surface area contributed by atoms with Crippen LogP contribution in [-0.2, 0) is 4.74 Å². The number of fused-ring (bicyclic) bond motifs is 1. The first-order chi connectivity index (χ1) is 10.6. The van der Waals surface area contributed by atoms with Gasteiger partial charge in [0.25, 0.3) is 5.91 Å². The van der Waals surface area contributed by atoms with Gasteiger partial charge in [-0.2, -0.15) is 0 Å². The first-order valence-corrected chi connectivity index (χ1v) is 7.75. The number of ether oxygens (including phenoxy) is 1. The van der Waals surface area contributed by atoms with Gasteiger partial charge >= 0.3 is 0 Å². The Hall–Kier alpha value is -1.63. The third-order valence-corrected chi connectivity index (χ3v) is 4.01. The number of imidazole rings is 1. The highest BCUT2D eigenvalue weighted by atomic mass is 35.5. The zero-order chi connectivity index (χ0) is 15.5. The summed E-state index contributed by atoms with van der Waals surface area (Å²) >= 11 is 6.01. The number of carbonyl (C=O) groups is 1. The Morgan fingerprint density at radius 3 is 2.95 bits per heavy atom. The maximum Gasteiger partial charge on any atom is 0.270 e. The number of amides is 1. The average Bonchev–Trinajstić information content (AvgIpc) is 2.83. The minimum Gasteiger partial charge on any atom is -0.379 e. The number of nitrogens with one attached hydrogen (secondary N) is 1. The minimum absolute atomic E-state index is 0.125. The summed E-state index contributed by atoms with van der Waals surface area (Å²) in [6.07, 6.45) is 1.72. The zero-order valence-corrected chi connectivity index (χ0v) is 13.3. The molecule has 0 unspecified atom stereocenters. The first-order valence-electron chi connectivity index (χ1n) is 7.37. The number of hydrogen-bond donors (Lipinski definition) is 1. The summed E-state index contributed by atoms with van der Waals surface area (Å²) in [7, 11) is 0. The lowest BCUT2D eigenvalue weighted by Crippen LogP contribution is -2.41. The van der Waals surface area contributed by atoms with Gasteiger partial charge in [0, 0.05) is 32.4 Å². The number of nitrogens with zero attached hydrogens (tertiary/aromatic N) is 3. The Kier molecular flexibility index (Phi) is 4.61. The van der Waals surface area contributed by atoms with E-state index in [1.54, 1.807) is 22.7 Å². The molecule has 3 heterocycles.